The number of rotatable bonds is 10. The first-order chi connectivity index (χ1) is 8.78. The van der Waals surface area contributed by atoms with Crippen molar-refractivity contribution in [2.45, 2.75) is 51.4 Å². The average Bonchev–Trinajstić information content (AvgIpc) is 3.23. The van der Waals surface area contributed by atoms with E-state index in [-0.39, 0.29) is 5.91 Å². The first-order valence-corrected chi connectivity index (χ1v) is 7.49. The maximum atomic E-state index is 11.0. The molecule has 4 heteroatoms. The van der Waals surface area contributed by atoms with Crippen LogP contribution in [0.1, 0.15) is 51.4 Å². The molecule has 2 saturated carbocycles. The molecule has 0 atom stereocenters. The van der Waals surface area contributed by atoms with Gasteiger partial charge < -0.3 is 4.90 Å². The first kappa shape index (κ1) is 13.8. The van der Waals surface area contributed by atoms with Gasteiger partial charge in [-0.05, 0) is 56.9 Å². The number of carbonyl (C=O) groups is 1. The van der Waals surface area contributed by atoms with Crippen LogP contribution in [-0.2, 0) is 4.79 Å². The third kappa shape index (κ3) is 5.83. The van der Waals surface area contributed by atoms with E-state index >= 15 is 0 Å². The van der Waals surface area contributed by atoms with E-state index in [9.17, 15) is 4.79 Å². The molecule has 0 unspecified atom stereocenters. The van der Waals surface area contributed by atoms with E-state index < -0.39 is 0 Å². The SMILES string of the molecule is NNC(=O)CCCCCN(CC1CC1)CC1CC1. The van der Waals surface area contributed by atoms with E-state index in [0.717, 1.165) is 24.7 Å². The molecule has 0 aromatic rings. The van der Waals surface area contributed by atoms with Gasteiger partial charge in [0.15, 0.2) is 0 Å². The van der Waals surface area contributed by atoms with Crippen molar-refractivity contribution in [2.75, 3.05) is 19.6 Å². The topological polar surface area (TPSA) is 58.4 Å². The van der Waals surface area contributed by atoms with Crippen molar-refractivity contribution in [1.29, 1.82) is 0 Å². The van der Waals surface area contributed by atoms with Crippen LogP contribution in [0.4, 0.5) is 0 Å². The van der Waals surface area contributed by atoms with Crippen LogP contribution >= 0.6 is 0 Å². The molecule has 2 aliphatic rings. The van der Waals surface area contributed by atoms with Crippen molar-refractivity contribution in [3.05, 3.63) is 0 Å². The fraction of sp³-hybridized carbons (Fsp3) is 0.929. The summed E-state index contributed by atoms with van der Waals surface area (Å²) in [6, 6.07) is 0. The van der Waals surface area contributed by atoms with Crippen molar-refractivity contribution >= 4 is 5.91 Å². The van der Waals surface area contributed by atoms with E-state index in [1.807, 2.05) is 0 Å². The smallest absolute Gasteiger partial charge is 0.233 e. The van der Waals surface area contributed by atoms with Gasteiger partial charge in [0.1, 0.15) is 0 Å². The summed E-state index contributed by atoms with van der Waals surface area (Å²) >= 11 is 0. The minimum atomic E-state index is -0.0391. The Morgan fingerprint density at radius 2 is 1.67 bits per heavy atom. The highest BCUT2D eigenvalue weighted by Gasteiger charge is 2.28. The molecule has 1 amide bonds. The molecule has 0 bridgehead atoms. The van der Waals surface area contributed by atoms with Crippen LogP contribution in [0.3, 0.4) is 0 Å². The number of carbonyl (C=O) groups excluding carboxylic acids is 1. The predicted octanol–water partition coefficient (Wildman–Crippen LogP) is 1.66. The van der Waals surface area contributed by atoms with Gasteiger partial charge in [-0.2, -0.15) is 0 Å². The zero-order chi connectivity index (χ0) is 12.8. The molecule has 0 radical (unpaired) electrons. The first-order valence-electron chi connectivity index (χ1n) is 7.49. The summed E-state index contributed by atoms with van der Waals surface area (Å²) in [5, 5.41) is 0. The number of amides is 1. The molecular formula is C14H27N3O. The highest BCUT2D eigenvalue weighted by Crippen LogP contribution is 2.33. The molecule has 0 aromatic carbocycles. The molecule has 3 N–H and O–H groups in total. The summed E-state index contributed by atoms with van der Waals surface area (Å²) in [4.78, 5) is 13.6. The second-order valence-electron chi connectivity index (χ2n) is 6.02. The Kier molecular flexibility index (Phi) is 5.45. The van der Waals surface area contributed by atoms with Gasteiger partial charge in [0.2, 0.25) is 5.91 Å². The van der Waals surface area contributed by atoms with Crippen molar-refractivity contribution in [2.24, 2.45) is 17.7 Å². The van der Waals surface area contributed by atoms with Crippen molar-refractivity contribution in [3.63, 3.8) is 0 Å². The van der Waals surface area contributed by atoms with Gasteiger partial charge in [0, 0.05) is 19.5 Å². The van der Waals surface area contributed by atoms with Gasteiger partial charge in [-0.25, -0.2) is 5.84 Å². The van der Waals surface area contributed by atoms with Crippen molar-refractivity contribution < 1.29 is 4.79 Å². The molecule has 2 aliphatic carbocycles. The van der Waals surface area contributed by atoms with E-state index in [4.69, 9.17) is 5.84 Å². The van der Waals surface area contributed by atoms with E-state index in [1.165, 1.54) is 51.7 Å². The Bertz CT molecular complexity index is 248. The lowest BCUT2D eigenvalue weighted by molar-refractivity contribution is -0.121. The largest absolute Gasteiger partial charge is 0.303 e. The molecule has 0 spiro atoms. The molecule has 0 saturated heterocycles. The highest BCUT2D eigenvalue weighted by molar-refractivity contribution is 5.74. The fourth-order valence-corrected chi connectivity index (χ4v) is 2.46. The lowest BCUT2D eigenvalue weighted by Crippen LogP contribution is -2.30. The number of nitrogens with zero attached hydrogens (tertiary/aromatic N) is 1. The van der Waals surface area contributed by atoms with Crippen LogP contribution in [0.5, 0.6) is 0 Å². The Hall–Kier alpha value is -0.610. The van der Waals surface area contributed by atoms with Crippen molar-refractivity contribution in [3.8, 4) is 0 Å². The molecule has 4 nitrogen and oxygen atoms in total. The zero-order valence-electron chi connectivity index (χ0n) is 11.4. The van der Waals surface area contributed by atoms with Crippen LogP contribution < -0.4 is 11.3 Å². The number of hydrogen-bond donors (Lipinski definition) is 2. The van der Waals surface area contributed by atoms with E-state index in [2.05, 4.69) is 10.3 Å². The van der Waals surface area contributed by atoms with Gasteiger partial charge in [0.05, 0.1) is 0 Å². The number of nitrogens with one attached hydrogen (secondary N) is 1. The Balaban J connectivity index is 1.52. The maximum absolute atomic E-state index is 11.0. The average molecular weight is 253 g/mol. The van der Waals surface area contributed by atoms with Crippen LogP contribution in [0.15, 0.2) is 0 Å². The Morgan fingerprint density at radius 1 is 1.06 bits per heavy atom. The Morgan fingerprint density at radius 3 is 2.17 bits per heavy atom. The predicted molar refractivity (Wildman–Crippen MR) is 72.7 cm³/mol. The normalized spacial score (nSPS) is 19.2. The molecule has 2 fully saturated rings. The quantitative estimate of drug-likeness (QED) is 0.269. The van der Waals surface area contributed by atoms with Gasteiger partial charge in [-0.15, -0.1) is 0 Å². The summed E-state index contributed by atoms with van der Waals surface area (Å²) in [5.74, 6) is 7.00. The summed E-state index contributed by atoms with van der Waals surface area (Å²) < 4.78 is 0. The molecular weight excluding hydrogens is 226 g/mol. The summed E-state index contributed by atoms with van der Waals surface area (Å²) in [5.41, 5.74) is 2.18. The second kappa shape index (κ2) is 7.10. The maximum Gasteiger partial charge on any atom is 0.233 e. The standard InChI is InChI=1S/C14H27N3O/c15-16-14(18)4-2-1-3-9-17(10-12-5-6-12)11-13-7-8-13/h12-13H,1-11,15H2,(H,16,18). The third-order valence-corrected chi connectivity index (χ3v) is 3.97. The minimum absolute atomic E-state index is 0.0391. The number of hydrogen-bond acceptors (Lipinski definition) is 3. The number of nitrogens with two attached hydrogens (primary N) is 1. The van der Waals surface area contributed by atoms with Gasteiger partial charge in [0.25, 0.3) is 0 Å². The summed E-state index contributed by atoms with van der Waals surface area (Å²) in [6.45, 7) is 3.86. The molecule has 104 valence electrons. The molecule has 2 rings (SSSR count). The Labute approximate surface area is 110 Å². The van der Waals surface area contributed by atoms with Crippen LogP contribution in [0.2, 0.25) is 0 Å². The molecule has 0 heterocycles. The van der Waals surface area contributed by atoms with Crippen LogP contribution in [-0.4, -0.2) is 30.4 Å². The number of hydrazine groups is 1. The summed E-state index contributed by atoms with van der Waals surface area (Å²) in [6.07, 6.45) is 9.66. The van der Waals surface area contributed by atoms with Crippen LogP contribution in [0.25, 0.3) is 0 Å². The van der Waals surface area contributed by atoms with Gasteiger partial charge in [-0.3, -0.25) is 10.2 Å². The minimum Gasteiger partial charge on any atom is -0.303 e. The van der Waals surface area contributed by atoms with Gasteiger partial charge >= 0.3 is 0 Å². The number of unbranched alkanes of at least 4 members (excludes halogenated alkanes) is 2. The van der Waals surface area contributed by atoms with Crippen molar-refractivity contribution in [1.82, 2.24) is 10.3 Å². The summed E-state index contributed by atoms with van der Waals surface area (Å²) in [7, 11) is 0. The molecule has 0 aromatic heterocycles. The van der Waals surface area contributed by atoms with E-state index in [0.29, 0.717) is 6.42 Å². The highest BCUT2D eigenvalue weighted by atomic mass is 16.2. The van der Waals surface area contributed by atoms with Gasteiger partial charge in [-0.1, -0.05) is 6.42 Å². The molecule has 18 heavy (non-hydrogen) atoms. The second-order valence-corrected chi connectivity index (χ2v) is 6.02. The molecule has 0 aliphatic heterocycles. The zero-order valence-corrected chi connectivity index (χ0v) is 11.4. The van der Waals surface area contributed by atoms with Crippen LogP contribution in [0, 0.1) is 11.8 Å². The lowest BCUT2D eigenvalue weighted by Gasteiger charge is -2.22. The van der Waals surface area contributed by atoms with E-state index in [1.54, 1.807) is 0 Å². The fourth-order valence-electron chi connectivity index (χ4n) is 2.46. The third-order valence-electron chi connectivity index (χ3n) is 3.97. The lowest BCUT2D eigenvalue weighted by atomic mass is 10.1. The monoisotopic (exact) mass is 253 g/mol.